The number of thiophene rings is 1. The van der Waals surface area contributed by atoms with Gasteiger partial charge in [-0.1, -0.05) is 23.2 Å². The lowest BCUT2D eigenvalue weighted by Crippen LogP contribution is -2.05. The highest BCUT2D eigenvalue weighted by molar-refractivity contribution is 7.16. The maximum Gasteiger partial charge on any atom is 0.337 e. The first-order valence-corrected chi connectivity index (χ1v) is 7.09. The van der Waals surface area contributed by atoms with Gasteiger partial charge in [0.2, 0.25) is 0 Å². The van der Waals surface area contributed by atoms with Gasteiger partial charge in [0, 0.05) is 10.6 Å². The zero-order valence-electron chi connectivity index (χ0n) is 9.98. The smallest absolute Gasteiger partial charge is 0.337 e. The summed E-state index contributed by atoms with van der Waals surface area (Å²) in [6.45, 7) is 2.00. The third-order valence-corrected chi connectivity index (χ3v) is 4.33. The number of hydrogen-bond acceptors (Lipinski definition) is 3. The van der Waals surface area contributed by atoms with Gasteiger partial charge < -0.3 is 10.4 Å². The molecule has 1 unspecified atom stereocenters. The largest absolute Gasteiger partial charge is 0.478 e. The fraction of sp³-hybridized carbons (Fsp3) is 0.154. The molecule has 0 spiro atoms. The highest BCUT2D eigenvalue weighted by Crippen LogP contribution is 2.30. The predicted molar refractivity (Wildman–Crippen MR) is 79.8 cm³/mol. The maximum absolute atomic E-state index is 10.9. The first-order chi connectivity index (χ1) is 8.97. The van der Waals surface area contributed by atoms with E-state index in [2.05, 4.69) is 5.32 Å². The number of carboxylic acid groups (broad SMARTS) is 1. The molecule has 0 saturated carbocycles. The van der Waals surface area contributed by atoms with Crippen LogP contribution in [0.1, 0.15) is 28.2 Å². The average molecular weight is 316 g/mol. The molecule has 0 saturated heterocycles. The Morgan fingerprint density at radius 2 is 2.05 bits per heavy atom. The fourth-order valence-electron chi connectivity index (χ4n) is 1.66. The van der Waals surface area contributed by atoms with Crippen LogP contribution >= 0.6 is 34.5 Å². The number of rotatable bonds is 4. The predicted octanol–water partition coefficient (Wildman–Crippen LogP) is 4.93. The second-order valence-corrected chi connectivity index (χ2v) is 6.16. The van der Waals surface area contributed by atoms with Crippen molar-refractivity contribution < 1.29 is 9.90 Å². The first kappa shape index (κ1) is 14.2. The molecule has 0 aliphatic rings. The summed E-state index contributed by atoms with van der Waals surface area (Å²) in [4.78, 5) is 12.0. The van der Waals surface area contributed by atoms with Crippen LogP contribution in [0.5, 0.6) is 0 Å². The van der Waals surface area contributed by atoms with Gasteiger partial charge in [0.1, 0.15) is 0 Å². The third-order valence-electron chi connectivity index (χ3n) is 2.60. The van der Waals surface area contributed by atoms with Crippen molar-refractivity contribution in [2.24, 2.45) is 0 Å². The molecule has 1 heterocycles. The number of carbonyl (C=O) groups is 1. The highest BCUT2D eigenvalue weighted by Gasteiger charge is 2.11. The van der Waals surface area contributed by atoms with E-state index >= 15 is 0 Å². The fourth-order valence-corrected chi connectivity index (χ4v) is 2.99. The molecule has 1 aromatic carbocycles. The summed E-state index contributed by atoms with van der Waals surface area (Å²) < 4.78 is 0.739. The summed E-state index contributed by atoms with van der Waals surface area (Å²) in [5, 5.41) is 12.4. The zero-order chi connectivity index (χ0) is 14.0. The molecule has 1 aromatic heterocycles. The molecule has 2 N–H and O–H groups in total. The number of nitrogens with one attached hydrogen (secondary N) is 1. The monoisotopic (exact) mass is 315 g/mol. The molecular weight excluding hydrogens is 305 g/mol. The van der Waals surface area contributed by atoms with Crippen molar-refractivity contribution in [1.29, 1.82) is 0 Å². The van der Waals surface area contributed by atoms with E-state index in [1.807, 2.05) is 19.1 Å². The number of carboxylic acids is 1. The molecule has 1 atom stereocenters. The van der Waals surface area contributed by atoms with Crippen LogP contribution in [0, 0.1) is 0 Å². The minimum atomic E-state index is -1.03. The van der Waals surface area contributed by atoms with E-state index in [1.54, 1.807) is 12.1 Å². The van der Waals surface area contributed by atoms with E-state index in [0.717, 1.165) is 14.9 Å². The first-order valence-electron chi connectivity index (χ1n) is 5.52. The second-order valence-electron chi connectivity index (χ2n) is 4.01. The molecule has 0 radical (unpaired) electrons. The Kier molecular flexibility index (Phi) is 4.34. The normalized spacial score (nSPS) is 12.2. The van der Waals surface area contributed by atoms with Gasteiger partial charge >= 0.3 is 5.97 Å². The molecular formula is C13H11Cl2NO2S. The van der Waals surface area contributed by atoms with Gasteiger partial charge in [-0.05, 0) is 37.3 Å². The van der Waals surface area contributed by atoms with Crippen LogP contribution in [0.2, 0.25) is 9.36 Å². The van der Waals surface area contributed by atoms with Gasteiger partial charge in [0.15, 0.2) is 0 Å². The number of aromatic carboxylic acids is 1. The van der Waals surface area contributed by atoms with E-state index in [9.17, 15) is 4.79 Å². The SMILES string of the molecule is CC(Nc1ccc(C(=O)O)c(Cl)c1)c1ccc(Cl)s1. The lowest BCUT2D eigenvalue weighted by molar-refractivity contribution is 0.0697. The van der Waals surface area contributed by atoms with Crippen molar-refractivity contribution in [2.75, 3.05) is 5.32 Å². The van der Waals surface area contributed by atoms with Crippen molar-refractivity contribution in [3.8, 4) is 0 Å². The van der Waals surface area contributed by atoms with E-state index < -0.39 is 5.97 Å². The van der Waals surface area contributed by atoms with Crippen LogP contribution < -0.4 is 5.32 Å². The molecule has 100 valence electrons. The Morgan fingerprint density at radius 3 is 2.58 bits per heavy atom. The van der Waals surface area contributed by atoms with Gasteiger partial charge in [-0.3, -0.25) is 0 Å². The van der Waals surface area contributed by atoms with Crippen molar-refractivity contribution >= 4 is 46.2 Å². The Bertz CT molecular complexity index is 612. The minimum Gasteiger partial charge on any atom is -0.478 e. The number of benzene rings is 1. The standard InChI is InChI=1S/C13H11Cl2NO2S/c1-7(11-4-5-12(15)19-11)16-8-2-3-9(13(17)18)10(14)6-8/h2-7,16H,1H3,(H,17,18). The topological polar surface area (TPSA) is 49.3 Å². The number of anilines is 1. The van der Waals surface area contributed by atoms with Crippen LogP contribution in [-0.4, -0.2) is 11.1 Å². The lowest BCUT2D eigenvalue weighted by Gasteiger charge is -2.14. The Balaban J connectivity index is 2.15. The van der Waals surface area contributed by atoms with Gasteiger partial charge in [0.25, 0.3) is 0 Å². The van der Waals surface area contributed by atoms with E-state index in [4.69, 9.17) is 28.3 Å². The quantitative estimate of drug-likeness (QED) is 0.841. The molecule has 0 aliphatic carbocycles. The molecule has 2 aromatic rings. The van der Waals surface area contributed by atoms with Crippen LogP contribution in [0.15, 0.2) is 30.3 Å². The highest BCUT2D eigenvalue weighted by atomic mass is 35.5. The lowest BCUT2D eigenvalue weighted by atomic mass is 10.2. The summed E-state index contributed by atoms with van der Waals surface area (Å²) >= 11 is 13.3. The number of halogens is 2. The third kappa shape index (κ3) is 3.41. The van der Waals surface area contributed by atoms with Crippen molar-refractivity contribution in [1.82, 2.24) is 0 Å². The molecule has 3 nitrogen and oxygen atoms in total. The van der Waals surface area contributed by atoms with Crippen LogP contribution in [0.4, 0.5) is 5.69 Å². The molecule has 0 fully saturated rings. The summed E-state index contributed by atoms with van der Waals surface area (Å²) in [6.07, 6.45) is 0. The van der Waals surface area contributed by atoms with Crippen LogP contribution in [-0.2, 0) is 0 Å². The summed E-state index contributed by atoms with van der Waals surface area (Å²) in [5.41, 5.74) is 0.867. The molecule has 0 aliphatic heterocycles. The molecule has 0 amide bonds. The molecule has 6 heteroatoms. The minimum absolute atomic E-state index is 0.0734. The van der Waals surface area contributed by atoms with E-state index in [1.165, 1.54) is 17.4 Å². The van der Waals surface area contributed by atoms with E-state index in [0.29, 0.717) is 0 Å². The summed E-state index contributed by atoms with van der Waals surface area (Å²) in [6, 6.07) is 8.67. The van der Waals surface area contributed by atoms with Crippen molar-refractivity contribution in [3.05, 3.63) is 50.1 Å². The van der Waals surface area contributed by atoms with E-state index in [-0.39, 0.29) is 16.6 Å². The van der Waals surface area contributed by atoms with Crippen molar-refractivity contribution in [3.63, 3.8) is 0 Å². The van der Waals surface area contributed by atoms with Crippen molar-refractivity contribution in [2.45, 2.75) is 13.0 Å². The van der Waals surface area contributed by atoms with Gasteiger partial charge in [0.05, 0.1) is 21.0 Å². The number of hydrogen-bond donors (Lipinski definition) is 2. The summed E-state index contributed by atoms with van der Waals surface area (Å²) in [7, 11) is 0. The Hall–Kier alpha value is -1.23. The zero-order valence-corrected chi connectivity index (χ0v) is 12.3. The maximum atomic E-state index is 10.9. The van der Waals surface area contributed by atoms with Crippen LogP contribution in [0.3, 0.4) is 0 Å². The van der Waals surface area contributed by atoms with Gasteiger partial charge in [-0.2, -0.15) is 0 Å². The Morgan fingerprint density at radius 1 is 1.32 bits per heavy atom. The van der Waals surface area contributed by atoms with Gasteiger partial charge in [-0.25, -0.2) is 4.79 Å². The average Bonchev–Trinajstić information content (AvgIpc) is 2.75. The summed E-state index contributed by atoms with van der Waals surface area (Å²) in [5.74, 6) is -1.03. The van der Waals surface area contributed by atoms with Gasteiger partial charge in [-0.15, -0.1) is 11.3 Å². The Labute approximate surface area is 124 Å². The molecule has 2 rings (SSSR count). The van der Waals surface area contributed by atoms with Crippen LogP contribution in [0.25, 0.3) is 0 Å². The second kappa shape index (κ2) is 5.82. The molecule has 0 bridgehead atoms. The molecule has 19 heavy (non-hydrogen) atoms.